The van der Waals surface area contributed by atoms with E-state index >= 15 is 0 Å². The largest absolute Gasteiger partial charge is 0.375 e. The molecule has 2 heterocycles. The molecule has 2 saturated heterocycles. The zero-order valence-corrected chi connectivity index (χ0v) is 11.1. The minimum Gasteiger partial charge on any atom is -0.375 e. The molecule has 98 valence electrons. The normalized spacial score (nSPS) is 39.1. The summed E-state index contributed by atoms with van der Waals surface area (Å²) >= 11 is 0. The van der Waals surface area contributed by atoms with Crippen molar-refractivity contribution in [3.8, 4) is 0 Å². The van der Waals surface area contributed by atoms with Gasteiger partial charge in [-0.25, -0.2) is 0 Å². The van der Waals surface area contributed by atoms with Gasteiger partial charge < -0.3 is 15.0 Å². The SMILES string of the molecule is CC1OCCN(C(=O)[C@H]2CCN[C@@H](C)C2)C1C. The Morgan fingerprint density at radius 1 is 1.35 bits per heavy atom. The number of amides is 1. The average molecular weight is 240 g/mol. The number of morpholine rings is 1. The fourth-order valence-corrected chi connectivity index (χ4v) is 2.83. The van der Waals surface area contributed by atoms with Crippen molar-refractivity contribution in [2.45, 2.75) is 51.8 Å². The molecule has 1 amide bonds. The second kappa shape index (κ2) is 5.36. The van der Waals surface area contributed by atoms with Gasteiger partial charge in [-0.1, -0.05) is 0 Å². The lowest BCUT2D eigenvalue weighted by Gasteiger charge is -2.40. The van der Waals surface area contributed by atoms with Crippen LogP contribution in [0, 0.1) is 5.92 Å². The highest BCUT2D eigenvalue weighted by atomic mass is 16.5. The molecule has 0 aromatic carbocycles. The lowest BCUT2D eigenvalue weighted by molar-refractivity contribution is -0.149. The molecule has 0 aromatic heterocycles. The van der Waals surface area contributed by atoms with E-state index in [2.05, 4.69) is 26.1 Å². The van der Waals surface area contributed by atoms with Gasteiger partial charge in [-0.15, -0.1) is 0 Å². The number of ether oxygens (including phenoxy) is 1. The molecule has 2 fully saturated rings. The summed E-state index contributed by atoms with van der Waals surface area (Å²) in [5.41, 5.74) is 0. The number of carbonyl (C=O) groups is 1. The lowest BCUT2D eigenvalue weighted by Crippen LogP contribution is -2.54. The molecule has 2 aliphatic heterocycles. The van der Waals surface area contributed by atoms with Gasteiger partial charge in [0.2, 0.25) is 5.91 Å². The monoisotopic (exact) mass is 240 g/mol. The first-order chi connectivity index (χ1) is 8.09. The average Bonchev–Trinajstić information content (AvgIpc) is 2.32. The van der Waals surface area contributed by atoms with Crippen LogP contribution in [-0.4, -0.2) is 48.7 Å². The number of piperidine rings is 1. The van der Waals surface area contributed by atoms with E-state index in [1.807, 2.05) is 4.90 Å². The zero-order valence-electron chi connectivity index (χ0n) is 11.1. The predicted molar refractivity (Wildman–Crippen MR) is 66.8 cm³/mol. The van der Waals surface area contributed by atoms with Crippen LogP contribution in [0.3, 0.4) is 0 Å². The van der Waals surface area contributed by atoms with Gasteiger partial charge in [0.25, 0.3) is 0 Å². The van der Waals surface area contributed by atoms with E-state index in [1.165, 1.54) is 0 Å². The van der Waals surface area contributed by atoms with Gasteiger partial charge >= 0.3 is 0 Å². The van der Waals surface area contributed by atoms with E-state index in [0.29, 0.717) is 18.6 Å². The molecule has 0 aromatic rings. The van der Waals surface area contributed by atoms with Crippen LogP contribution in [0.4, 0.5) is 0 Å². The molecule has 0 bridgehead atoms. The second-order valence-corrected chi connectivity index (χ2v) is 5.42. The summed E-state index contributed by atoms with van der Waals surface area (Å²) in [5.74, 6) is 0.542. The molecule has 2 aliphatic rings. The first-order valence-electron chi connectivity index (χ1n) is 6.75. The summed E-state index contributed by atoms with van der Waals surface area (Å²) in [5, 5.41) is 3.39. The molecule has 2 unspecified atom stereocenters. The summed E-state index contributed by atoms with van der Waals surface area (Å²) in [6.45, 7) is 8.69. The van der Waals surface area contributed by atoms with Crippen LogP contribution in [0.2, 0.25) is 0 Å². The van der Waals surface area contributed by atoms with E-state index in [-0.39, 0.29) is 18.1 Å². The molecule has 4 atom stereocenters. The number of rotatable bonds is 1. The Kier molecular flexibility index (Phi) is 4.05. The molecule has 0 radical (unpaired) electrons. The van der Waals surface area contributed by atoms with Crippen molar-refractivity contribution >= 4 is 5.91 Å². The van der Waals surface area contributed by atoms with E-state index in [1.54, 1.807) is 0 Å². The van der Waals surface area contributed by atoms with Gasteiger partial charge in [0, 0.05) is 18.5 Å². The van der Waals surface area contributed by atoms with Gasteiger partial charge in [0.15, 0.2) is 0 Å². The van der Waals surface area contributed by atoms with Crippen LogP contribution in [0.25, 0.3) is 0 Å². The number of nitrogens with zero attached hydrogens (tertiary/aromatic N) is 1. The standard InChI is InChI=1S/C13H24N2O2/c1-9-8-12(4-5-14-9)13(16)15-6-7-17-11(3)10(15)2/h9-12,14H,4-8H2,1-3H3/t9-,10?,11?,12-/m0/s1. The van der Waals surface area contributed by atoms with Crippen molar-refractivity contribution in [1.82, 2.24) is 10.2 Å². The van der Waals surface area contributed by atoms with Gasteiger partial charge in [0.05, 0.1) is 18.8 Å². The fourth-order valence-electron chi connectivity index (χ4n) is 2.83. The highest BCUT2D eigenvalue weighted by Crippen LogP contribution is 2.22. The van der Waals surface area contributed by atoms with Crippen molar-refractivity contribution in [3.05, 3.63) is 0 Å². The molecule has 0 saturated carbocycles. The maximum absolute atomic E-state index is 12.5. The van der Waals surface area contributed by atoms with Crippen molar-refractivity contribution < 1.29 is 9.53 Å². The molecular formula is C13H24N2O2. The highest BCUT2D eigenvalue weighted by molar-refractivity contribution is 5.79. The van der Waals surface area contributed by atoms with Crippen molar-refractivity contribution in [3.63, 3.8) is 0 Å². The summed E-state index contributed by atoms with van der Waals surface area (Å²) in [7, 11) is 0. The molecule has 4 nitrogen and oxygen atoms in total. The van der Waals surface area contributed by atoms with Crippen molar-refractivity contribution in [1.29, 1.82) is 0 Å². The molecule has 0 aliphatic carbocycles. The Hall–Kier alpha value is -0.610. The van der Waals surface area contributed by atoms with E-state index in [0.717, 1.165) is 25.9 Å². The first-order valence-corrected chi connectivity index (χ1v) is 6.75. The predicted octanol–water partition coefficient (Wildman–Crippen LogP) is 1.01. The summed E-state index contributed by atoms with van der Waals surface area (Å²) in [6.07, 6.45) is 2.10. The fraction of sp³-hybridized carbons (Fsp3) is 0.923. The zero-order chi connectivity index (χ0) is 12.4. The van der Waals surface area contributed by atoms with E-state index in [4.69, 9.17) is 4.74 Å². The van der Waals surface area contributed by atoms with Gasteiger partial charge in [-0.2, -0.15) is 0 Å². The second-order valence-electron chi connectivity index (χ2n) is 5.42. The van der Waals surface area contributed by atoms with Gasteiger partial charge in [0.1, 0.15) is 0 Å². The Morgan fingerprint density at radius 2 is 2.12 bits per heavy atom. The van der Waals surface area contributed by atoms with Crippen LogP contribution in [-0.2, 0) is 9.53 Å². The lowest BCUT2D eigenvalue weighted by atomic mass is 9.91. The van der Waals surface area contributed by atoms with Gasteiger partial charge in [-0.3, -0.25) is 4.79 Å². The molecule has 1 N–H and O–H groups in total. The smallest absolute Gasteiger partial charge is 0.226 e. The van der Waals surface area contributed by atoms with E-state index in [9.17, 15) is 4.79 Å². The van der Waals surface area contributed by atoms with Crippen LogP contribution >= 0.6 is 0 Å². The van der Waals surface area contributed by atoms with E-state index < -0.39 is 0 Å². The van der Waals surface area contributed by atoms with Crippen LogP contribution in [0.5, 0.6) is 0 Å². The van der Waals surface area contributed by atoms with Crippen LogP contribution in [0.15, 0.2) is 0 Å². The maximum Gasteiger partial charge on any atom is 0.226 e. The minimum atomic E-state index is 0.159. The van der Waals surface area contributed by atoms with Gasteiger partial charge in [-0.05, 0) is 40.2 Å². The number of nitrogens with one attached hydrogen (secondary N) is 1. The molecule has 2 rings (SSSR count). The summed E-state index contributed by atoms with van der Waals surface area (Å²) < 4.78 is 5.57. The first kappa shape index (κ1) is 12.8. The Balaban J connectivity index is 1.98. The van der Waals surface area contributed by atoms with Crippen molar-refractivity contribution in [2.24, 2.45) is 5.92 Å². The quantitative estimate of drug-likeness (QED) is 0.744. The Morgan fingerprint density at radius 3 is 2.82 bits per heavy atom. The topological polar surface area (TPSA) is 41.6 Å². The third-order valence-corrected chi connectivity index (χ3v) is 4.14. The highest BCUT2D eigenvalue weighted by Gasteiger charge is 2.34. The molecular weight excluding hydrogens is 216 g/mol. The maximum atomic E-state index is 12.5. The Labute approximate surface area is 104 Å². The minimum absolute atomic E-state index is 0.159. The van der Waals surface area contributed by atoms with Crippen molar-refractivity contribution in [2.75, 3.05) is 19.7 Å². The van der Waals surface area contributed by atoms with Crippen LogP contribution < -0.4 is 5.32 Å². The molecule has 17 heavy (non-hydrogen) atoms. The number of carbonyl (C=O) groups excluding carboxylic acids is 1. The number of hydrogen-bond donors (Lipinski definition) is 1. The molecule has 4 heteroatoms. The molecule has 0 spiro atoms. The summed E-state index contributed by atoms with van der Waals surface area (Å²) in [6, 6.07) is 0.674. The summed E-state index contributed by atoms with van der Waals surface area (Å²) in [4.78, 5) is 14.5. The number of hydrogen-bond acceptors (Lipinski definition) is 3. The third-order valence-electron chi connectivity index (χ3n) is 4.14. The Bertz CT molecular complexity index is 283. The van der Waals surface area contributed by atoms with Crippen LogP contribution in [0.1, 0.15) is 33.6 Å². The third kappa shape index (κ3) is 2.80.